The highest BCUT2D eigenvalue weighted by Gasteiger charge is 2.32. The molecule has 0 saturated heterocycles. The number of H-pyrrole nitrogens is 1. The van der Waals surface area contributed by atoms with Crippen LogP contribution < -0.4 is 10.2 Å². The summed E-state index contributed by atoms with van der Waals surface area (Å²) >= 11 is 0. The molecular formula is C13H10F3NO2. The van der Waals surface area contributed by atoms with Crippen molar-refractivity contribution in [2.45, 2.75) is 13.3 Å². The van der Waals surface area contributed by atoms with E-state index in [1.807, 2.05) is 0 Å². The van der Waals surface area contributed by atoms with Crippen LogP contribution >= 0.6 is 0 Å². The number of ether oxygens (including phenoxy) is 1. The predicted molar refractivity (Wildman–Crippen MR) is 63.9 cm³/mol. The Morgan fingerprint density at radius 3 is 2.47 bits per heavy atom. The van der Waals surface area contributed by atoms with Crippen molar-refractivity contribution < 1.29 is 17.9 Å². The van der Waals surface area contributed by atoms with E-state index in [0.717, 1.165) is 0 Å². The number of rotatable bonds is 2. The van der Waals surface area contributed by atoms with Gasteiger partial charge in [0.2, 0.25) is 0 Å². The Bertz CT molecular complexity index is 647. The Labute approximate surface area is 106 Å². The van der Waals surface area contributed by atoms with Crippen LogP contribution in [-0.4, -0.2) is 11.3 Å². The second kappa shape index (κ2) is 4.79. The van der Waals surface area contributed by atoms with E-state index in [1.54, 1.807) is 13.0 Å². The first-order chi connectivity index (χ1) is 8.88. The zero-order valence-corrected chi connectivity index (χ0v) is 9.91. The highest BCUT2D eigenvalue weighted by Crippen LogP contribution is 2.32. The fourth-order valence-corrected chi connectivity index (χ4v) is 1.80. The smallest absolute Gasteiger partial charge is 0.405 e. The molecule has 1 aromatic heterocycles. The molecule has 3 nitrogen and oxygen atoms in total. The first-order valence-electron chi connectivity index (χ1n) is 5.42. The second-order valence-electron chi connectivity index (χ2n) is 3.89. The molecule has 1 aromatic carbocycles. The first-order valence-corrected chi connectivity index (χ1v) is 5.42. The third kappa shape index (κ3) is 2.96. The molecule has 1 N–H and O–H groups in total. The average Bonchev–Trinajstić information content (AvgIpc) is 2.29. The quantitative estimate of drug-likeness (QED) is 0.909. The lowest BCUT2D eigenvalue weighted by Gasteiger charge is -2.13. The number of aromatic nitrogens is 1. The lowest BCUT2D eigenvalue weighted by molar-refractivity contribution is -0.274. The molecule has 0 aliphatic carbocycles. The number of para-hydroxylation sites is 1. The summed E-state index contributed by atoms with van der Waals surface area (Å²) in [6.07, 6.45) is -3.36. The van der Waals surface area contributed by atoms with Crippen molar-refractivity contribution in [1.29, 1.82) is 0 Å². The lowest BCUT2D eigenvalue weighted by atomic mass is 10.0. The summed E-state index contributed by atoms with van der Waals surface area (Å²) in [4.78, 5) is 14.6. The molecule has 0 atom stereocenters. The Morgan fingerprint density at radius 2 is 1.84 bits per heavy atom. The van der Waals surface area contributed by atoms with Crippen LogP contribution in [0.2, 0.25) is 0 Å². The number of pyridine rings is 1. The maximum atomic E-state index is 12.3. The maximum absolute atomic E-state index is 12.3. The summed E-state index contributed by atoms with van der Waals surface area (Å²) in [7, 11) is 0. The topological polar surface area (TPSA) is 42.1 Å². The van der Waals surface area contributed by atoms with Crippen molar-refractivity contribution in [3.63, 3.8) is 0 Å². The van der Waals surface area contributed by atoms with Gasteiger partial charge in [0.15, 0.2) is 5.43 Å². The van der Waals surface area contributed by atoms with Crippen LogP contribution in [0.5, 0.6) is 5.75 Å². The number of halogens is 3. The molecular weight excluding hydrogens is 259 g/mol. The van der Waals surface area contributed by atoms with Crippen molar-refractivity contribution in [2.24, 2.45) is 0 Å². The van der Waals surface area contributed by atoms with E-state index in [-0.39, 0.29) is 16.6 Å². The summed E-state index contributed by atoms with van der Waals surface area (Å²) in [5.74, 6) is -0.394. The number of hydrogen-bond acceptors (Lipinski definition) is 2. The van der Waals surface area contributed by atoms with Gasteiger partial charge in [-0.05, 0) is 13.0 Å². The molecule has 0 amide bonds. The second-order valence-corrected chi connectivity index (χ2v) is 3.89. The molecule has 2 rings (SSSR count). The molecule has 1 heterocycles. The summed E-state index contributed by atoms with van der Waals surface area (Å²) in [5, 5.41) is 0. The third-order valence-electron chi connectivity index (χ3n) is 2.54. The predicted octanol–water partition coefficient (Wildman–Crippen LogP) is 3.25. The molecule has 6 heteroatoms. The molecule has 19 heavy (non-hydrogen) atoms. The van der Waals surface area contributed by atoms with Gasteiger partial charge in [0.1, 0.15) is 5.75 Å². The minimum Gasteiger partial charge on any atom is -0.405 e. The van der Waals surface area contributed by atoms with Gasteiger partial charge in [0.25, 0.3) is 0 Å². The Morgan fingerprint density at radius 1 is 1.16 bits per heavy atom. The lowest BCUT2D eigenvalue weighted by Crippen LogP contribution is -2.18. The van der Waals surface area contributed by atoms with E-state index in [9.17, 15) is 18.0 Å². The zero-order chi connectivity index (χ0) is 14.0. The molecule has 2 aromatic rings. The van der Waals surface area contributed by atoms with Crippen LogP contribution in [0.1, 0.15) is 5.69 Å². The fourth-order valence-electron chi connectivity index (χ4n) is 1.80. The number of benzene rings is 1. The molecule has 0 unspecified atom stereocenters. The molecule has 0 bridgehead atoms. The first kappa shape index (κ1) is 13.2. The van der Waals surface area contributed by atoms with Gasteiger partial charge >= 0.3 is 6.36 Å². The van der Waals surface area contributed by atoms with Crippen molar-refractivity contribution in [1.82, 2.24) is 4.98 Å². The normalized spacial score (nSPS) is 11.4. The molecule has 0 fully saturated rings. The average molecular weight is 269 g/mol. The SMILES string of the molecule is Cc1[nH]ccc(=O)c1-c1ccccc1OC(F)(F)F. The van der Waals surface area contributed by atoms with Crippen LogP contribution in [0.3, 0.4) is 0 Å². The molecule has 0 radical (unpaired) electrons. The van der Waals surface area contributed by atoms with Gasteiger partial charge in [-0.15, -0.1) is 13.2 Å². The summed E-state index contributed by atoms with van der Waals surface area (Å²) in [5.41, 5.74) is 0.390. The monoisotopic (exact) mass is 269 g/mol. The van der Waals surface area contributed by atoms with E-state index in [1.165, 1.54) is 30.5 Å². The van der Waals surface area contributed by atoms with E-state index in [2.05, 4.69) is 9.72 Å². The van der Waals surface area contributed by atoms with E-state index in [0.29, 0.717) is 5.69 Å². The van der Waals surface area contributed by atoms with Crippen molar-refractivity contribution in [3.8, 4) is 16.9 Å². The van der Waals surface area contributed by atoms with Gasteiger partial charge in [-0.1, -0.05) is 18.2 Å². The van der Waals surface area contributed by atoms with E-state index in [4.69, 9.17) is 0 Å². The summed E-state index contributed by atoms with van der Waals surface area (Å²) < 4.78 is 40.9. The van der Waals surface area contributed by atoms with Crippen LogP contribution in [0.25, 0.3) is 11.1 Å². The molecule has 0 aliphatic heterocycles. The maximum Gasteiger partial charge on any atom is 0.573 e. The van der Waals surface area contributed by atoms with Gasteiger partial charge < -0.3 is 9.72 Å². The van der Waals surface area contributed by atoms with Gasteiger partial charge in [-0.25, -0.2) is 0 Å². The van der Waals surface area contributed by atoms with Crippen LogP contribution in [0, 0.1) is 6.92 Å². The van der Waals surface area contributed by atoms with Crippen molar-refractivity contribution >= 4 is 0 Å². The number of aromatic amines is 1. The molecule has 0 aliphatic rings. The minimum absolute atomic E-state index is 0.110. The number of alkyl halides is 3. The van der Waals surface area contributed by atoms with Gasteiger partial charge in [0, 0.05) is 23.5 Å². The van der Waals surface area contributed by atoms with Gasteiger partial charge in [-0.2, -0.15) is 0 Å². The number of nitrogens with one attached hydrogen (secondary N) is 1. The van der Waals surface area contributed by atoms with Crippen LogP contribution in [-0.2, 0) is 0 Å². The standard InChI is InChI=1S/C13H10F3NO2/c1-8-12(10(18)6-7-17-8)9-4-2-3-5-11(9)19-13(14,15)16/h2-7H,1H3,(H,17,18). The molecule has 0 saturated carbocycles. The highest BCUT2D eigenvalue weighted by atomic mass is 19.4. The summed E-state index contributed by atoms with van der Waals surface area (Å²) in [6, 6.07) is 6.81. The Hall–Kier alpha value is -2.24. The van der Waals surface area contributed by atoms with Crippen LogP contribution in [0.4, 0.5) is 13.2 Å². The Kier molecular flexibility index (Phi) is 3.33. The van der Waals surface area contributed by atoms with Crippen LogP contribution in [0.15, 0.2) is 41.3 Å². The van der Waals surface area contributed by atoms with Crippen molar-refractivity contribution in [2.75, 3.05) is 0 Å². The van der Waals surface area contributed by atoms with E-state index < -0.39 is 12.1 Å². The number of hydrogen-bond donors (Lipinski definition) is 1. The van der Waals surface area contributed by atoms with Gasteiger partial charge in [-0.3, -0.25) is 4.79 Å². The third-order valence-corrected chi connectivity index (χ3v) is 2.54. The fraction of sp³-hybridized carbons (Fsp3) is 0.154. The zero-order valence-electron chi connectivity index (χ0n) is 9.91. The largest absolute Gasteiger partial charge is 0.573 e. The molecule has 0 spiro atoms. The Balaban J connectivity index is 2.60. The highest BCUT2D eigenvalue weighted by molar-refractivity contribution is 5.71. The minimum atomic E-state index is -4.80. The summed E-state index contributed by atoms with van der Waals surface area (Å²) in [6.45, 7) is 1.61. The van der Waals surface area contributed by atoms with Crippen molar-refractivity contribution in [3.05, 3.63) is 52.4 Å². The van der Waals surface area contributed by atoms with Gasteiger partial charge in [0.05, 0.1) is 5.56 Å². The van der Waals surface area contributed by atoms with E-state index >= 15 is 0 Å². The molecule has 100 valence electrons. The number of aryl methyl sites for hydroxylation is 1.